The zero-order chi connectivity index (χ0) is 10.9. The van der Waals surface area contributed by atoms with E-state index in [9.17, 15) is 0 Å². The lowest BCUT2D eigenvalue weighted by Gasteiger charge is -2.15. The van der Waals surface area contributed by atoms with Crippen LogP contribution < -0.4 is 5.32 Å². The minimum atomic E-state index is 0.103. The van der Waals surface area contributed by atoms with Gasteiger partial charge in [0, 0.05) is 19.7 Å². The number of ether oxygens (including phenoxy) is 1. The molecular formula is C12H16N2O. The number of nitriles is 1. The molecule has 0 aromatic heterocycles. The summed E-state index contributed by atoms with van der Waals surface area (Å²) in [6.07, 6.45) is 0.480. The van der Waals surface area contributed by atoms with Gasteiger partial charge in [0.05, 0.1) is 19.1 Å². The SMILES string of the molecule is COCCNC(CC#N)c1ccccc1. The number of methoxy groups -OCH3 is 1. The van der Waals surface area contributed by atoms with E-state index in [2.05, 4.69) is 11.4 Å². The van der Waals surface area contributed by atoms with Crippen molar-refractivity contribution >= 4 is 0 Å². The van der Waals surface area contributed by atoms with Crippen LogP contribution in [0, 0.1) is 11.3 Å². The van der Waals surface area contributed by atoms with Gasteiger partial charge in [-0.25, -0.2) is 0 Å². The van der Waals surface area contributed by atoms with Crippen LogP contribution in [0.1, 0.15) is 18.0 Å². The number of rotatable bonds is 6. The van der Waals surface area contributed by atoms with E-state index in [1.165, 1.54) is 0 Å². The van der Waals surface area contributed by atoms with Crippen molar-refractivity contribution in [3.63, 3.8) is 0 Å². The smallest absolute Gasteiger partial charge is 0.0641 e. The molecule has 0 bridgehead atoms. The first-order valence-corrected chi connectivity index (χ1v) is 5.02. The summed E-state index contributed by atoms with van der Waals surface area (Å²) in [7, 11) is 1.67. The topological polar surface area (TPSA) is 45.0 Å². The van der Waals surface area contributed by atoms with Crippen molar-refractivity contribution in [2.45, 2.75) is 12.5 Å². The van der Waals surface area contributed by atoms with Gasteiger partial charge in [-0.15, -0.1) is 0 Å². The Morgan fingerprint density at radius 3 is 2.73 bits per heavy atom. The fourth-order valence-electron chi connectivity index (χ4n) is 1.42. The largest absolute Gasteiger partial charge is 0.383 e. The van der Waals surface area contributed by atoms with Crippen LogP contribution in [0.3, 0.4) is 0 Å². The molecule has 1 aromatic carbocycles. The summed E-state index contributed by atoms with van der Waals surface area (Å²) in [5, 5.41) is 12.0. The maximum Gasteiger partial charge on any atom is 0.0641 e. The number of nitrogens with one attached hydrogen (secondary N) is 1. The molecule has 0 saturated heterocycles. The molecule has 0 aliphatic rings. The van der Waals surface area contributed by atoms with Crippen LogP contribution in [-0.4, -0.2) is 20.3 Å². The fourth-order valence-corrected chi connectivity index (χ4v) is 1.42. The molecule has 0 radical (unpaired) electrons. The molecule has 1 atom stereocenters. The van der Waals surface area contributed by atoms with E-state index in [-0.39, 0.29) is 6.04 Å². The van der Waals surface area contributed by atoms with Crippen molar-refractivity contribution in [3.8, 4) is 6.07 Å². The lowest BCUT2D eigenvalue weighted by molar-refractivity contribution is 0.196. The lowest BCUT2D eigenvalue weighted by atomic mass is 10.0. The van der Waals surface area contributed by atoms with E-state index in [1.807, 2.05) is 30.3 Å². The number of hydrogen-bond donors (Lipinski definition) is 1. The lowest BCUT2D eigenvalue weighted by Crippen LogP contribution is -2.24. The van der Waals surface area contributed by atoms with Gasteiger partial charge in [0.2, 0.25) is 0 Å². The number of hydrogen-bond acceptors (Lipinski definition) is 3. The standard InChI is InChI=1S/C12H16N2O/c1-15-10-9-14-12(7-8-13)11-5-3-2-4-6-11/h2-6,12,14H,7,9-10H2,1H3. The van der Waals surface area contributed by atoms with Gasteiger partial charge in [-0.3, -0.25) is 0 Å². The molecular weight excluding hydrogens is 188 g/mol. The highest BCUT2D eigenvalue weighted by Crippen LogP contribution is 2.15. The monoisotopic (exact) mass is 204 g/mol. The predicted octanol–water partition coefficient (Wildman–Crippen LogP) is 1.88. The molecule has 80 valence electrons. The van der Waals surface area contributed by atoms with Crippen LogP contribution in [0.4, 0.5) is 0 Å². The molecule has 3 heteroatoms. The van der Waals surface area contributed by atoms with Crippen LogP contribution in [0.2, 0.25) is 0 Å². The van der Waals surface area contributed by atoms with Crippen LogP contribution >= 0.6 is 0 Å². The minimum absolute atomic E-state index is 0.103. The second-order valence-electron chi connectivity index (χ2n) is 3.27. The average Bonchev–Trinajstić information content (AvgIpc) is 2.29. The van der Waals surface area contributed by atoms with Crippen molar-refractivity contribution in [3.05, 3.63) is 35.9 Å². The molecule has 0 spiro atoms. The summed E-state index contributed by atoms with van der Waals surface area (Å²) in [5.41, 5.74) is 1.15. The van der Waals surface area contributed by atoms with Crippen LogP contribution in [0.25, 0.3) is 0 Å². The maximum absolute atomic E-state index is 8.73. The van der Waals surface area contributed by atoms with Crippen LogP contribution in [-0.2, 0) is 4.74 Å². The maximum atomic E-state index is 8.73. The van der Waals surface area contributed by atoms with Gasteiger partial charge in [-0.2, -0.15) is 5.26 Å². The predicted molar refractivity (Wildman–Crippen MR) is 59.3 cm³/mol. The van der Waals surface area contributed by atoms with Gasteiger partial charge in [0.1, 0.15) is 0 Å². The number of nitrogens with zero attached hydrogens (tertiary/aromatic N) is 1. The van der Waals surface area contributed by atoms with Gasteiger partial charge < -0.3 is 10.1 Å². The Bertz CT molecular complexity index is 305. The van der Waals surface area contributed by atoms with E-state index < -0.39 is 0 Å². The summed E-state index contributed by atoms with van der Waals surface area (Å²) in [6, 6.07) is 12.3. The Balaban J connectivity index is 2.55. The molecule has 0 saturated carbocycles. The van der Waals surface area contributed by atoms with Crippen molar-refractivity contribution in [1.82, 2.24) is 5.32 Å². The van der Waals surface area contributed by atoms with Crippen molar-refractivity contribution in [1.29, 1.82) is 5.26 Å². The van der Waals surface area contributed by atoms with E-state index in [0.717, 1.165) is 12.1 Å². The molecule has 0 fully saturated rings. The second-order valence-corrected chi connectivity index (χ2v) is 3.27. The Kier molecular flexibility index (Phi) is 5.46. The summed E-state index contributed by atoms with van der Waals surface area (Å²) in [4.78, 5) is 0. The third-order valence-electron chi connectivity index (χ3n) is 2.19. The van der Waals surface area contributed by atoms with Gasteiger partial charge in [0.15, 0.2) is 0 Å². The van der Waals surface area contributed by atoms with Crippen molar-refractivity contribution in [2.24, 2.45) is 0 Å². The van der Waals surface area contributed by atoms with Gasteiger partial charge >= 0.3 is 0 Å². The van der Waals surface area contributed by atoms with E-state index in [0.29, 0.717) is 13.0 Å². The summed E-state index contributed by atoms with van der Waals surface area (Å²) < 4.78 is 4.96. The van der Waals surface area contributed by atoms with Gasteiger partial charge in [-0.05, 0) is 5.56 Å². The zero-order valence-electron chi connectivity index (χ0n) is 8.94. The van der Waals surface area contributed by atoms with E-state index in [1.54, 1.807) is 7.11 Å². The molecule has 15 heavy (non-hydrogen) atoms. The molecule has 1 rings (SSSR count). The van der Waals surface area contributed by atoms with E-state index >= 15 is 0 Å². The molecule has 0 aliphatic carbocycles. The Hall–Kier alpha value is -1.37. The van der Waals surface area contributed by atoms with Gasteiger partial charge in [0.25, 0.3) is 0 Å². The van der Waals surface area contributed by atoms with Crippen LogP contribution in [0.15, 0.2) is 30.3 Å². The Morgan fingerprint density at radius 1 is 1.40 bits per heavy atom. The third kappa shape index (κ3) is 4.11. The summed E-state index contributed by atoms with van der Waals surface area (Å²) >= 11 is 0. The molecule has 0 aliphatic heterocycles. The molecule has 1 unspecified atom stereocenters. The minimum Gasteiger partial charge on any atom is -0.383 e. The number of benzene rings is 1. The first-order valence-electron chi connectivity index (χ1n) is 5.02. The fraction of sp³-hybridized carbons (Fsp3) is 0.417. The Labute approximate surface area is 90.7 Å². The first kappa shape index (κ1) is 11.7. The highest BCUT2D eigenvalue weighted by molar-refractivity contribution is 5.19. The van der Waals surface area contributed by atoms with Crippen molar-refractivity contribution in [2.75, 3.05) is 20.3 Å². The highest BCUT2D eigenvalue weighted by Gasteiger charge is 2.08. The van der Waals surface area contributed by atoms with E-state index in [4.69, 9.17) is 10.00 Å². The quantitative estimate of drug-likeness (QED) is 0.719. The molecule has 1 N–H and O–H groups in total. The second kappa shape index (κ2) is 6.99. The first-order chi connectivity index (χ1) is 7.38. The molecule has 0 amide bonds. The summed E-state index contributed by atoms with van der Waals surface area (Å²) in [6.45, 7) is 1.42. The Morgan fingerprint density at radius 2 is 2.13 bits per heavy atom. The normalized spacial score (nSPS) is 12.0. The van der Waals surface area contributed by atoms with Crippen molar-refractivity contribution < 1.29 is 4.74 Å². The zero-order valence-corrected chi connectivity index (χ0v) is 8.94. The third-order valence-corrected chi connectivity index (χ3v) is 2.19. The highest BCUT2D eigenvalue weighted by atomic mass is 16.5. The summed E-state index contributed by atoms with van der Waals surface area (Å²) in [5.74, 6) is 0. The molecule has 0 heterocycles. The van der Waals surface area contributed by atoms with Crippen LogP contribution in [0.5, 0.6) is 0 Å². The average molecular weight is 204 g/mol. The van der Waals surface area contributed by atoms with Gasteiger partial charge in [-0.1, -0.05) is 30.3 Å². The molecule has 1 aromatic rings. The molecule has 3 nitrogen and oxygen atoms in total.